The molecule has 0 spiro atoms. The lowest BCUT2D eigenvalue weighted by Gasteiger charge is -2.45. The highest BCUT2D eigenvalue weighted by molar-refractivity contribution is 5.42. The number of piperidine rings is 1. The third-order valence-electron chi connectivity index (χ3n) is 4.49. The monoisotopic (exact) mass is 267 g/mol. The fourth-order valence-electron chi connectivity index (χ4n) is 3.54. The van der Waals surface area contributed by atoms with Crippen molar-refractivity contribution in [1.29, 1.82) is 0 Å². The van der Waals surface area contributed by atoms with E-state index in [-0.39, 0.29) is 18.1 Å². The lowest BCUT2D eigenvalue weighted by Crippen LogP contribution is -2.55. The van der Waals surface area contributed by atoms with E-state index in [1.54, 1.807) is 0 Å². The van der Waals surface area contributed by atoms with Crippen LogP contribution in [0, 0.1) is 0 Å². The smallest absolute Gasteiger partial charge is 0.0596 e. The maximum atomic E-state index is 9.89. The van der Waals surface area contributed by atoms with Gasteiger partial charge >= 0.3 is 0 Å². The molecule has 1 saturated heterocycles. The van der Waals surface area contributed by atoms with Crippen molar-refractivity contribution in [3.63, 3.8) is 0 Å². The fourth-order valence-corrected chi connectivity index (χ4v) is 3.54. The Balaban J connectivity index is 2.17. The van der Waals surface area contributed by atoms with Crippen LogP contribution in [0.1, 0.15) is 24.0 Å². The number of aliphatic hydroxyl groups is 1. The predicted molar refractivity (Wildman–Crippen MR) is 81.8 cm³/mol. The van der Waals surface area contributed by atoms with Crippen molar-refractivity contribution >= 4 is 0 Å². The van der Waals surface area contributed by atoms with Crippen molar-refractivity contribution in [2.24, 2.45) is 0 Å². The molecule has 2 nitrogen and oxygen atoms in total. The van der Waals surface area contributed by atoms with Crippen molar-refractivity contribution in [2.45, 2.75) is 24.3 Å². The number of hydrogen-bond donors (Lipinski definition) is 2. The maximum Gasteiger partial charge on any atom is 0.0596 e. The molecule has 1 aliphatic heterocycles. The van der Waals surface area contributed by atoms with Crippen LogP contribution < -0.4 is 5.32 Å². The van der Waals surface area contributed by atoms with Crippen LogP contribution in [0.5, 0.6) is 0 Å². The topological polar surface area (TPSA) is 32.3 Å². The van der Waals surface area contributed by atoms with Gasteiger partial charge in [-0.25, -0.2) is 0 Å². The zero-order valence-corrected chi connectivity index (χ0v) is 11.6. The van der Waals surface area contributed by atoms with E-state index in [4.69, 9.17) is 0 Å². The number of rotatable bonds is 3. The Bertz CT molecular complexity index is 498. The molecular formula is C18H21NO. The molecule has 1 unspecified atom stereocenters. The van der Waals surface area contributed by atoms with Crippen LogP contribution in [0.3, 0.4) is 0 Å². The second kappa shape index (κ2) is 5.78. The summed E-state index contributed by atoms with van der Waals surface area (Å²) >= 11 is 0. The van der Waals surface area contributed by atoms with Gasteiger partial charge in [-0.15, -0.1) is 0 Å². The second-order valence-electron chi connectivity index (χ2n) is 5.50. The highest BCUT2D eigenvalue weighted by atomic mass is 16.3. The van der Waals surface area contributed by atoms with Gasteiger partial charge in [-0.1, -0.05) is 60.7 Å². The van der Waals surface area contributed by atoms with Crippen LogP contribution >= 0.6 is 0 Å². The molecular weight excluding hydrogens is 246 g/mol. The van der Waals surface area contributed by atoms with Crippen LogP contribution in [0.15, 0.2) is 60.7 Å². The molecule has 1 atom stereocenters. The molecule has 1 fully saturated rings. The molecule has 3 rings (SSSR count). The zero-order chi connectivity index (χ0) is 13.8. The van der Waals surface area contributed by atoms with E-state index in [9.17, 15) is 5.11 Å². The Kier molecular flexibility index (Phi) is 3.86. The van der Waals surface area contributed by atoms with Crippen LogP contribution in [0.4, 0.5) is 0 Å². The summed E-state index contributed by atoms with van der Waals surface area (Å²) in [7, 11) is 0. The fraction of sp³-hybridized carbons (Fsp3) is 0.333. The lowest BCUT2D eigenvalue weighted by atomic mass is 9.65. The molecule has 2 aromatic carbocycles. The van der Waals surface area contributed by atoms with Gasteiger partial charge in [0.25, 0.3) is 0 Å². The highest BCUT2D eigenvalue weighted by Gasteiger charge is 2.43. The van der Waals surface area contributed by atoms with E-state index in [0.717, 1.165) is 19.4 Å². The van der Waals surface area contributed by atoms with Gasteiger partial charge < -0.3 is 10.4 Å². The number of nitrogens with one attached hydrogen (secondary N) is 1. The molecule has 0 aromatic heterocycles. The standard InChI is InChI=1S/C18H21NO/c20-14-17-18(12-7-13-19-17,15-8-3-1-4-9-15)16-10-5-2-6-11-16/h1-6,8-11,17,19-20H,7,12-14H2. The van der Waals surface area contributed by atoms with Gasteiger partial charge in [0, 0.05) is 11.5 Å². The van der Waals surface area contributed by atoms with Gasteiger partial charge in [0.05, 0.1) is 6.61 Å². The minimum absolute atomic E-state index is 0.0704. The molecule has 2 aromatic rings. The summed E-state index contributed by atoms with van der Waals surface area (Å²) in [6.45, 7) is 1.14. The van der Waals surface area contributed by atoms with Gasteiger partial charge in [0.1, 0.15) is 0 Å². The molecule has 1 aliphatic rings. The van der Waals surface area contributed by atoms with E-state index in [0.29, 0.717) is 0 Å². The molecule has 2 heteroatoms. The Morgan fingerprint density at radius 1 is 0.950 bits per heavy atom. The minimum Gasteiger partial charge on any atom is -0.395 e. The summed E-state index contributed by atoms with van der Waals surface area (Å²) in [5.74, 6) is 0. The first-order valence-electron chi connectivity index (χ1n) is 7.33. The summed E-state index contributed by atoms with van der Waals surface area (Å²) in [5.41, 5.74) is 2.45. The molecule has 1 heterocycles. The predicted octanol–water partition coefficient (Wildman–Crippen LogP) is 2.72. The summed E-state index contributed by atoms with van der Waals surface area (Å²) in [6, 6.07) is 21.2. The van der Waals surface area contributed by atoms with Gasteiger partial charge in [-0.3, -0.25) is 0 Å². The summed E-state index contributed by atoms with van der Waals surface area (Å²) in [5, 5.41) is 13.4. The molecule has 0 bridgehead atoms. The van der Waals surface area contributed by atoms with Gasteiger partial charge in [-0.05, 0) is 30.5 Å². The molecule has 0 saturated carbocycles. The average Bonchev–Trinajstić information content (AvgIpc) is 2.56. The molecule has 0 amide bonds. The Morgan fingerprint density at radius 3 is 2.00 bits per heavy atom. The number of aliphatic hydroxyl groups excluding tert-OH is 1. The minimum atomic E-state index is -0.129. The number of hydrogen-bond acceptors (Lipinski definition) is 2. The highest BCUT2D eigenvalue weighted by Crippen LogP contribution is 2.41. The first kappa shape index (κ1) is 13.3. The third-order valence-corrected chi connectivity index (χ3v) is 4.49. The molecule has 20 heavy (non-hydrogen) atoms. The van der Waals surface area contributed by atoms with Crippen LogP contribution in [-0.2, 0) is 5.41 Å². The van der Waals surface area contributed by atoms with Crippen LogP contribution in [0.2, 0.25) is 0 Å². The van der Waals surface area contributed by atoms with Crippen molar-refractivity contribution in [3.8, 4) is 0 Å². The van der Waals surface area contributed by atoms with Gasteiger partial charge in [0.2, 0.25) is 0 Å². The van der Waals surface area contributed by atoms with Crippen LogP contribution in [0.25, 0.3) is 0 Å². The summed E-state index contributed by atoms with van der Waals surface area (Å²) < 4.78 is 0. The number of benzene rings is 2. The summed E-state index contributed by atoms with van der Waals surface area (Å²) in [4.78, 5) is 0. The Hall–Kier alpha value is -1.64. The van der Waals surface area contributed by atoms with E-state index < -0.39 is 0 Å². The quantitative estimate of drug-likeness (QED) is 0.896. The van der Waals surface area contributed by atoms with Gasteiger partial charge in [0.15, 0.2) is 0 Å². The van der Waals surface area contributed by atoms with Crippen molar-refractivity contribution < 1.29 is 5.11 Å². The van der Waals surface area contributed by atoms with Crippen molar-refractivity contribution in [3.05, 3.63) is 71.8 Å². The summed E-state index contributed by atoms with van der Waals surface area (Å²) in [6.07, 6.45) is 2.19. The van der Waals surface area contributed by atoms with E-state index >= 15 is 0 Å². The average molecular weight is 267 g/mol. The normalized spacial score (nSPS) is 21.6. The zero-order valence-electron chi connectivity index (χ0n) is 11.6. The van der Waals surface area contributed by atoms with E-state index in [1.807, 2.05) is 12.1 Å². The lowest BCUT2D eigenvalue weighted by molar-refractivity contribution is 0.164. The second-order valence-corrected chi connectivity index (χ2v) is 5.50. The Morgan fingerprint density at radius 2 is 1.50 bits per heavy atom. The largest absolute Gasteiger partial charge is 0.395 e. The van der Waals surface area contributed by atoms with Crippen molar-refractivity contribution in [2.75, 3.05) is 13.2 Å². The first-order valence-corrected chi connectivity index (χ1v) is 7.33. The molecule has 104 valence electrons. The maximum absolute atomic E-state index is 9.89. The Labute approximate surface area is 120 Å². The SMILES string of the molecule is OCC1NCCCC1(c1ccccc1)c1ccccc1. The van der Waals surface area contributed by atoms with E-state index in [2.05, 4.69) is 53.8 Å². The van der Waals surface area contributed by atoms with E-state index in [1.165, 1.54) is 11.1 Å². The van der Waals surface area contributed by atoms with Crippen LogP contribution in [-0.4, -0.2) is 24.3 Å². The molecule has 2 N–H and O–H groups in total. The molecule has 0 aliphatic carbocycles. The molecule has 0 radical (unpaired) electrons. The van der Waals surface area contributed by atoms with Gasteiger partial charge in [-0.2, -0.15) is 0 Å². The van der Waals surface area contributed by atoms with Crippen molar-refractivity contribution in [1.82, 2.24) is 5.32 Å². The third kappa shape index (κ3) is 2.15. The first-order chi connectivity index (χ1) is 9.88.